The van der Waals surface area contributed by atoms with Crippen molar-refractivity contribution in [3.05, 3.63) is 34.9 Å². The molecule has 0 heterocycles. The number of carbonyl (C=O) groups is 2. The van der Waals surface area contributed by atoms with Crippen molar-refractivity contribution >= 4 is 11.9 Å². The molecule has 4 nitrogen and oxygen atoms in total. The Bertz CT molecular complexity index is 686. The lowest BCUT2D eigenvalue weighted by Crippen LogP contribution is -2.23. The molecule has 0 bridgehead atoms. The Morgan fingerprint density at radius 2 is 1.61 bits per heavy atom. The predicted molar refractivity (Wildman–Crippen MR) is 112 cm³/mol. The second kappa shape index (κ2) is 9.58. The second-order valence-electron chi connectivity index (χ2n) is 9.31. The van der Waals surface area contributed by atoms with Crippen LogP contribution in [0.3, 0.4) is 0 Å². The van der Waals surface area contributed by atoms with Crippen LogP contribution < -0.4 is 0 Å². The van der Waals surface area contributed by atoms with Gasteiger partial charge >= 0.3 is 11.9 Å². The number of hydrogen-bond donors (Lipinski definition) is 2. The number of hydrogen-bond acceptors (Lipinski definition) is 2. The van der Waals surface area contributed by atoms with E-state index in [1.807, 2.05) is 0 Å². The van der Waals surface area contributed by atoms with Crippen LogP contribution >= 0.6 is 0 Å². The van der Waals surface area contributed by atoms with E-state index >= 15 is 0 Å². The predicted octanol–water partition coefficient (Wildman–Crippen LogP) is 5.79. The Morgan fingerprint density at radius 1 is 0.964 bits per heavy atom. The summed E-state index contributed by atoms with van der Waals surface area (Å²) in [4.78, 5) is 22.5. The molecule has 1 fully saturated rings. The minimum absolute atomic E-state index is 0.391. The molecule has 156 valence electrons. The van der Waals surface area contributed by atoms with Gasteiger partial charge in [-0.2, -0.15) is 0 Å². The van der Waals surface area contributed by atoms with E-state index in [4.69, 9.17) is 0 Å². The Labute approximate surface area is 169 Å². The van der Waals surface area contributed by atoms with Crippen LogP contribution in [-0.2, 0) is 22.4 Å². The molecule has 1 saturated carbocycles. The number of carboxylic acids is 2. The molecule has 2 rings (SSSR count). The quantitative estimate of drug-likeness (QED) is 0.420. The van der Waals surface area contributed by atoms with E-state index in [2.05, 4.69) is 25.1 Å². The van der Waals surface area contributed by atoms with Crippen molar-refractivity contribution in [2.24, 2.45) is 10.8 Å². The highest BCUT2D eigenvalue weighted by atomic mass is 16.4. The van der Waals surface area contributed by atoms with Crippen LogP contribution in [0.5, 0.6) is 0 Å². The van der Waals surface area contributed by atoms with Gasteiger partial charge in [0.15, 0.2) is 0 Å². The zero-order valence-electron chi connectivity index (χ0n) is 17.7. The monoisotopic (exact) mass is 388 g/mol. The minimum Gasteiger partial charge on any atom is -0.481 e. The van der Waals surface area contributed by atoms with Gasteiger partial charge in [0.1, 0.15) is 0 Å². The Morgan fingerprint density at radius 3 is 2.21 bits per heavy atom. The van der Waals surface area contributed by atoms with Crippen molar-refractivity contribution in [3.8, 4) is 0 Å². The Kier molecular flexibility index (Phi) is 7.68. The molecule has 0 unspecified atom stereocenters. The third-order valence-electron chi connectivity index (χ3n) is 6.35. The van der Waals surface area contributed by atoms with Crippen LogP contribution in [0, 0.1) is 17.8 Å². The molecule has 0 saturated heterocycles. The van der Waals surface area contributed by atoms with E-state index in [9.17, 15) is 19.8 Å². The lowest BCUT2D eigenvalue weighted by molar-refractivity contribution is -0.147. The topological polar surface area (TPSA) is 74.6 Å². The molecule has 0 aliphatic heterocycles. The molecule has 0 spiro atoms. The fraction of sp³-hybridized carbons (Fsp3) is 0.667. The molecule has 0 atom stereocenters. The lowest BCUT2D eigenvalue weighted by atomic mass is 9.86. The van der Waals surface area contributed by atoms with Gasteiger partial charge in [0.25, 0.3) is 0 Å². The summed E-state index contributed by atoms with van der Waals surface area (Å²) in [7, 11) is 0. The lowest BCUT2D eigenvalue weighted by Gasteiger charge is -2.18. The first kappa shape index (κ1) is 22.4. The first-order chi connectivity index (χ1) is 13.2. The van der Waals surface area contributed by atoms with E-state index in [0.717, 1.165) is 64.2 Å². The zero-order chi connectivity index (χ0) is 20.8. The van der Waals surface area contributed by atoms with E-state index in [1.165, 1.54) is 16.7 Å². The summed E-state index contributed by atoms with van der Waals surface area (Å²) in [6.07, 6.45) is 10.4. The maximum atomic E-state index is 11.2. The fourth-order valence-electron chi connectivity index (χ4n) is 3.90. The van der Waals surface area contributed by atoms with Crippen molar-refractivity contribution in [2.45, 2.75) is 91.4 Å². The highest BCUT2D eigenvalue weighted by molar-refractivity contribution is 5.77. The summed E-state index contributed by atoms with van der Waals surface area (Å²) in [6.45, 7) is 5.71. The van der Waals surface area contributed by atoms with Crippen molar-refractivity contribution in [1.29, 1.82) is 0 Å². The first-order valence-corrected chi connectivity index (χ1v) is 10.7. The number of aliphatic carboxylic acids is 2. The van der Waals surface area contributed by atoms with Crippen molar-refractivity contribution in [3.63, 3.8) is 0 Å². The number of aryl methyl sites for hydroxylation is 3. The third-order valence-corrected chi connectivity index (χ3v) is 6.35. The van der Waals surface area contributed by atoms with Gasteiger partial charge in [-0.3, -0.25) is 9.59 Å². The number of benzene rings is 1. The van der Waals surface area contributed by atoms with Gasteiger partial charge in [0, 0.05) is 0 Å². The summed E-state index contributed by atoms with van der Waals surface area (Å²) in [6, 6.07) is 6.65. The van der Waals surface area contributed by atoms with Crippen molar-refractivity contribution in [2.75, 3.05) is 0 Å². The zero-order valence-corrected chi connectivity index (χ0v) is 17.7. The fourth-order valence-corrected chi connectivity index (χ4v) is 3.90. The molecule has 1 aliphatic carbocycles. The number of carboxylic acid groups (broad SMARTS) is 2. The summed E-state index contributed by atoms with van der Waals surface area (Å²) < 4.78 is 0. The molecule has 2 N–H and O–H groups in total. The van der Waals surface area contributed by atoms with E-state index < -0.39 is 22.8 Å². The van der Waals surface area contributed by atoms with Gasteiger partial charge in [-0.1, -0.05) is 43.0 Å². The molecule has 0 radical (unpaired) electrons. The first-order valence-electron chi connectivity index (χ1n) is 10.7. The number of rotatable bonds is 13. The highest BCUT2D eigenvalue weighted by Gasteiger charge is 2.49. The molecule has 0 amide bonds. The molecular formula is C24H36O4. The molecule has 4 heteroatoms. The van der Waals surface area contributed by atoms with Crippen LogP contribution in [0.25, 0.3) is 0 Å². The van der Waals surface area contributed by atoms with Gasteiger partial charge in [0.05, 0.1) is 10.8 Å². The minimum atomic E-state index is -0.723. The molecular weight excluding hydrogens is 352 g/mol. The van der Waals surface area contributed by atoms with Gasteiger partial charge in [-0.25, -0.2) is 0 Å². The van der Waals surface area contributed by atoms with Gasteiger partial charge in [-0.15, -0.1) is 0 Å². The van der Waals surface area contributed by atoms with Crippen LogP contribution in [-0.4, -0.2) is 22.2 Å². The Balaban J connectivity index is 1.76. The maximum Gasteiger partial charge on any atom is 0.309 e. The summed E-state index contributed by atoms with van der Waals surface area (Å²) in [5, 5.41) is 18.5. The largest absolute Gasteiger partial charge is 0.481 e. The standard InChI is InChI=1S/C24H36O4/c1-18-11-12-19(9-6-8-13-23(2,3)21(25)26)20(17-18)10-5-4-7-14-24(15-16-24)22(27)28/h11-12,17H,4-10,13-16H2,1-3H3,(H,25,26)(H,27,28). The average Bonchev–Trinajstić information content (AvgIpc) is 3.41. The van der Waals surface area contributed by atoms with Crippen molar-refractivity contribution < 1.29 is 19.8 Å². The normalized spacial score (nSPS) is 15.4. The molecule has 1 aromatic carbocycles. The van der Waals surface area contributed by atoms with Crippen LogP contribution in [0.4, 0.5) is 0 Å². The molecule has 28 heavy (non-hydrogen) atoms. The van der Waals surface area contributed by atoms with Gasteiger partial charge < -0.3 is 10.2 Å². The van der Waals surface area contributed by atoms with E-state index in [-0.39, 0.29) is 0 Å². The number of unbranched alkanes of at least 4 members (excludes halogenated alkanes) is 3. The van der Waals surface area contributed by atoms with Gasteiger partial charge in [0.2, 0.25) is 0 Å². The third kappa shape index (κ3) is 6.35. The smallest absolute Gasteiger partial charge is 0.309 e. The van der Waals surface area contributed by atoms with Gasteiger partial charge in [-0.05, 0) is 83.3 Å². The average molecular weight is 389 g/mol. The highest BCUT2D eigenvalue weighted by Crippen LogP contribution is 2.50. The summed E-state index contributed by atoms with van der Waals surface area (Å²) >= 11 is 0. The van der Waals surface area contributed by atoms with Crippen molar-refractivity contribution in [1.82, 2.24) is 0 Å². The maximum absolute atomic E-state index is 11.2. The molecule has 0 aromatic heterocycles. The van der Waals surface area contributed by atoms with Crippen LogP contribution in [0.1, 0.15) is 88.3 Å². The Hall–Kier alpha value is -1.84. The van der Waals surface area contributed by atoms with E-state index in [1.54, 1.807) is 13.8 Å². The summed E-state index contributed by atoms with van der Waals surface area (Å²) in [5.41, 5.74) is 3.01. The van der Waals surface area contributed by atoms with Crippen LogP contribution in [0.15, 0.2) is 18.2 Å². The SMILES string of the molecule is Cc1ccc(CCCCC(C)(C)C(=O)O)c(CCCCCC2(C(=O)O)CC2)c1. The second-order valence-corrected chi connectivity index (χ2v) is 9.31. The van der Waals surface area contributed by atoms with Crippen LogP contribution in [0.2, 0.25) is 0 Å². The molecule has 1 aliphatic rings. The van der Waals surface area contributed by atoms with E-state index in [0.29, 0.717) is 6.42 Å². The summed E-state index contributed by atoms with van der Waals surface area (Å²) in [5.74, 6) is -1.33. The molecule has 1 aromatic rings.